The van der Waals surface area contributed by atoms with Crippen LogP contribution < -0.4 is 5.73 Å². The average molecular weight is 269 g/mol. The standard InChI is InChI=1S/C16H12FNO2/c1-10(16(18)20)12-3-2-4-13(9-12)15(19)11-5-7-14(17)8-6-11/h2-9H,1H2,(H2,18,20). The van der Waals surface area contributed by atoms with Crippen molar-refractivity contribution >= 4 is 17.3 Å². The monoisotopic (exact) mass is 269 g/mol. The molecule has 0 unspecified atom stereocenters. The van der Waals surface area contributed by atoms with Gasteiger partial charge in [-0.2, -0.15) is 0 Å². The highest BCUT2D eigenvalue weighted by molar-refractivity contribution is 6.18. The van der Waals surface area contributed by atoms with Crippen LogP contribution in [0.1, 0.15) is 21.5 Å². The number of benzene rings is 2. The summed E-state index contributed by atoms with van der Waals surface area (Å²) >= 11 is 0. The molecule has 2 aromatic carbocycles. The summed E-state index contributed by atoms with van der Waals surface area (Å²) in [6.07, 6.45) is 0. The molecular formula is C16H12FNO2. The number of primary amides is 1. The van der Waals surface area contributed by atoms with E-state index in [1.54, 1.807) is 24.3 Å². The molecule has 0 radical (unpaired) electrons. The summed E-state index contributed by atoms with van der Waals surface area (Å²) in [7, 11) is 0. The number of amides is 1. The summed E-state index contributed by atoms with van der Waals surface area (Å²) in [4.78, 5) is 23.3. The summed E-state index contributed by atoms with van der Waals surface area (Å²) < 4.78 is 12.8. The van der Waals surface area contributed by atoms with E-state index in [0.29, 0.717) is 16.7 Å². The molecule has 0 fully saturated rings. The molecule has 0 aliphatic rings. The Morgan fingerprint density at radius 2 is 1.55 bits per heavy atom. The second-order valence-electron chi connectivity index (χ2n) is 4.26. The van der Waals surface area contributed by atoms with E-state index >= 15 is 0 Å². The van der Waals surface area contributed by atoms with Gasteiger partial charge in [-0.15, -0.1) is 0 Å². The van der Waals surface area contributed by atoms with Gasteiger partial charge in [-0.05, 0) is 35.9 Å². The molecule has 0 saturated heterocycles. The highest BCUT2D eigenvalue weighted by atomic mass is 19.1. The van der Waals surface area contributed by atoms with Gasteiger partial charge in [-0.3, -0.25) is 9.59 Å². The summed E-state index contributed by atoms with van der Waals surface area (Å²) in [5.74, 6) is -1.31. The normalized spacial score (nSPS) is 10.1. The minimum absolute atomic E-state index is 0.138. The Kier molecular flexibility index (Phi) is 3.75. The Bertz CT molecular complexity index is 690. The topological polar surface area (TPSA) is 60.2 Å². The number of rotatable bonds is 4. The predicted molar refractivity (Wildman–Crippen MR) is 74.5 cm³/mol. The second-order valence-corrected chi connectivity index (χ2v) is 4.26. The molecule has 0 bridgehead atoms. The number of ketones is 1. The lowest BCUT2D eigenvalue weighted by molar-refractivity contribution is -0.112. The lowest BCUT2D eigenvalue weighted by atomic mass is 9.98. The molecule has 0 saturated carbocycles. The van der Waals surface area contributed by atoms with Crippen LogP contribution in [0, 0.1) is 5.82 Å². The minimum Gasteiger partial charge on any atom is -0.366 e. The maximum absolute atomic E-state index is 12.8. The van der Waals surface area contributed by atoms with Gasteiger partial charge in [-0.1, -0.05) is 24.8 Å². The van der Waals surface area contributed by atoms with E-state index in [2.05, 4.69) is 6.58 Å². The van der Waals surface area contributed by atoms with E-state index < -0.39 is 11.7 Å². The zero-order valence-corrected chi connectivity index (χ0v) is 10.6. The summed E-state index contributed by atoms with van der Waals surface area (Å²) in [5, 5.41) is 0. The Morgan fingerprint density at radius 1 is 0.950 bits per heavy atom. The molecule has 0 heterocycles. The third kappa shape index (κ3) is 2.80. The van der Waals surface area contributed by atoms with Gasteiger partial charge in [0.05, 0.1) is 0 Å². The van der Waals surface area contributed by atoms with Crippen molar-refractivity contribution in [3.63, 3.8) is 0 Å². The van der Waals surface area contributed by atoms with Crippen LogP contribution in [0.3, 0.4) is 0 Å². The average Bonchev–Trinajstić information content (AvgIpc) is 2.46. The van der Waals surface area contributed by atoms with Crippen LogP contribution in [0.15, 0.2) is 55.1 Å². The fourth-order valence-corrected chi connectivity index (χ4v) is 1.76. The van der Waals surface area contributed by atoms with Gasteiger partial charge in [0, 0.05) is 16.7 Å². The molecule has 0 aromatic heterocycles. The van der Waals surface area contributed by atoms with Gasteiger partial charge in [0.2, 0.25) is 5.91 Å². The molecule has 2 N–H and O–H groups in total. The number of nitrogens with two attached hydrogens (primary N) is 1. The zero-order chi connectivity index (χ0) is 14.7. The second kappa shape index (κ2) is 5.48. The number of hydrogen-bond donors (Lipinski definition) is 1. The largest absolute Gasteiger partial charge is 0.366 e. The molecule has 0 aliphatic carbocycles. The zero-order valence-electron chi connectivity index (χ0n) is 10.6. The summed E-state index contributed by atoms with van der Waals surface area (Å²) in [6.45, 7) is 3.57. The molecule has 100 valence electrons. The lowest BCUT2D eigenvalue weighted by Gasteiger charge is -2.05. The van der Waals surface area contributed by atoms with E-state index in [-0.39, 0.29) is 11.4 Å². The van der Waals surface area contributed by atoms with E-state index in [4.69, 9.17) is 5.73 Å². The smallest absolute Gasteiger partial charge is 0.248 e. The van der Waals surface area contributed by atoms with E-state index in [9.17, 15) is 14.0 Å². The molecule has 0 atom stereocenters. The van der Waals surface area contributed by atoms with Crippen molar-refractivity contribution in [3.8, 4) is 0 Å². The van der Waals surface area contributed by atoms with Crippen molar-refractivity contribution < 1.29 is 14.0 Å². The third-order valence-corrected chi connectivity index (χ3v) is 2.88. The van der Waals surface area contributed by atoms with Crippen LogP contribution in [0.25, 0.3) is 5.57 Å². The van der Waals surface area contributed by atoms with Gasteiger partial charge in [0.25, 0.3) is 0 Å². The Labute approximate surface area is 115 Å². The Hall–Kier alpha value is -2.75. The number of halogens is 1. The van der Waals surface area contributed by atoms with Crippen LogP contribution in [0.2, 0.25) is 0 Å². The first-order chi connectivity index (χ1) is 9.49. The highest BCUT2D eigenvalue weighted by Gasteiger charge is 2.12. The first kappa shape index (κ1) is 13.7. The molecule has 20 heavy (non-hydrogen) atoms. The van der Waals surface area contributed by atoms with Gasteiger partial charge in [0.1, 0.15) is 5.82 Å². The fraction of sp³-hybridized carbons (Fsp3) is 0. The number of carbonyl (C=O) groups excluding carboxylic acids is 2. The quantitative estimate of drug-likeness (QED) is 0.685. The van der Waals surface area contributed by atoms with E-state index in [1.807, 2.05) is 0 Å². The molecule has 4 heteroatoms. The number of hydrogen-bond acceptors (Lipinski definition) is 2. The Balaban J connectivity index is 2.36. The van der Waals surface area contributed by atoms with Gasteiger partial charge < -0.3 is 5.73 Å². The molecule has 2 rings (SSSR count). The molecule has 3 nitrogen and oxygen atoms in total. The van der Waals surface area contributed by atoms with Crippen molar-refractivity contribution in [3.05, 3.63) is 77.6 Å². The third-order valence-electron chi connectivity index (χ3n) is 2.88. The molecule has 2 aromatic rings. The first-order valence-corrected chi connectivity index (χ1v) is 5.88. The van der Waals surface area contributed by atoms with Crippen LogP contribution in [-0.2, 0) is 4.79 Å². The van der Waals surface area contributed by atoms with Crippen LogP contribution in [0.4, 0.5) is 4.39 Å². The van der Waals surface area contributed by atoms with Crippen molar-refractivity contribution in [2.24, 2.45) is 5.73 Å². The van der Waals surface area contributed by atoms with E-state index in [1.165, 1.54) is 24.3 Å². The Morgan fingerprint density at radius 3 is 2.15 bits per heavy atom. The van der Waals surface area contributed by atoms with Crippen molar-refractivity contribution in [1.82, 2.24) is 0 Å². The lowest BCUT2D eigenvalue weighted by Crippen LogP contribution is -2.12. The molecular weight excluding hydrogens is 257 g/mol. The van der Waals surface area contributed by atoms with Crippen LogP contribution >= 0.6 is 0 Å². The van der Waals surface area contributed by atoms with Crippen LogP contribution in [0.5, 0.6) is 0 Å². The highest BCUT2D eigenvalue weighted by Crippen LogP contribution is 2.17. The maximum atomic E-state index is 12.8. The maximum Gasteiger partial charge on any atom is 0.248 e. The minimum atomic E-state index is -0.642. The van der Waals surface area contributed by atoms with Crippen molar-refractivity contribution in [2.75, 3.05) is 0 Å². The van der Waals surface area contributed by atoms with Gasteiger partial charge >= 0.3 is 0 Å². The van der Waals surface area contributed by atoms with Crippen molar-refractivity contribution in [2.45, 2.75) is 0 Å². The molecule has 0 aliphatic heterocycles. The molecule has 0 spiro atoms. The summed E-state index contributed by atoms with van der Waals surface area (Å²) in [5.41, 5.74) is 6.54. The van der Waals surface area contributed by atoms with Gasteiger partial charge in [0.15, 0.2) is 5.78 Å². The van der Waals surface area contributed by atoms with Gasteiger partial charge in [-0.25, -0.2) is 4.39 Å². The molecule has 1 amide bonds. The number of carbonyl (C=O) groups is 2. The van der Waals surface area contributed by atoms with Crippen LogP contribution in [-0.4, -0.2) is 11.7 Å². The van der Waals surface area contributed by atoms with Crippen molar-refractivity contribution in [1.29, 1.82) is 0 Å². The SMILES string of the molecule is C=C(C(N)=O)c1cccc(C(=O)c2ccc(F)cc2)c1. The van der Waals surface area contributed by atoms with E-state index in [0.717, 1.165) is 0 Å². The predicted octanol–water partition coefficient (Wildman–Crippen LogP) is 2.56. The fourth-order valence-electron chi connectivity index (χ4n) is 1.76. The first-order valence-electron chi connectivity index (χ1n) is 5.88. The summed E-state index contributed by atoms with van der Waals surface area (Å²) in [6, 6.07) is 11.7.